The summed E-state index contributed by atoms with van der Waals surface area (Å²) < 4.78 is 234. The van der Waals surface area contributed by atoms with Crippen molar-refractivity contribution >= 4 is 14.5 Å². The lowest BCUT2D eigenvalue weighted by Gasteiger charge is -2.35. The summed E-state index contributed by atoms with van der Waals surface area (Å²) in [6.07, 6.45) is -14.8. The zero-order valence-electron chi connectivity index (χ0n) is 14.5. The number of halogens is 18. The summed E-state index contributed by atoms with van der Waals surface area (Å²) in [4.78, 5) is 1.63. The minimum Gasteiger partial charge on any atom is -0.245 e. The number of pyridine rings is 1. The predicted molar refractivity (Wildman–Crippen MR) is 73.3 cm³/mol. The van der Waals surface area contributed by atoms with Crippen LogP contribution >= 0.6 is 9.24 Å². The van der Waals surface area contributed by atoms with Gasteiger partial charge in [0.25, 0.3) is 0 Å². The van der Waals surface area contributed by atoms with Crippen molar-refractivity contribution in [3.05, 3.63) is 23.5 Å². The highest BCUT2D eigenvalue weighted by atomic mass is 31.0. The van der Waals surface area contributed by atoms with E-state index in [4.69, 9.17) is 0 Å². The Morgan fingerprint density at radius 2 is 0.697 bits per heavy atom. The van der Waals surface area contributed by atoms with Crippen LogP contribution in [0.4, 0.5) is 79.0 Å². The number of hydrogen-bond donors (Lipinski definition) is 0. The molecule has 0 N–H and O–H groups in total. The summed E-state index contributed by atoms with van der Waals surface area (Å²) in [5, 5.41) is -1.45. The summed E-state index contributed by atoms with van der Waals surface area (Å²) in [5.74, 6) is -44.0. The topological polar surface area (TPSA) is 12.9 Å². The molecule has 1 aromatic rings. The molecule has 1 aromatic heterocycles. The molecule has 0 fully saturated rings. The molecule has 0 aromatic carbocycles. The van der Waals surface area contributed by atoms with Crippen molar-refractivity contribution in [3.8, 4) is 0 Å². The molecule has 0 spiro atoms. The largest absolute Gasteiger partial charge is 0.460 e. The SMILES string of the molecule is FC(F)(F)C(F)(F)C(F)(F)C(F)(F)c1cc(P)cc(C(F)(F)C(F)(F)C(F)(F)C(F)(F)F)n1. The second-order valence-corrected chi connectivity index (χ2v) is 6.78. The van der Waals surface area contributed by atoms with Crippen LogP contribution in [-0.4, -0.2) is 41.0 Å². The fourth-order valence-corrected chi connectivity index (χ4v) is 2.26. The maximum atomic E-state index is 13.9. The molecule has 0 aliphatic carbocycles. The normalized spacial score (nSPS) is 15.7. The Kier molecular flexibility index (Phi) is 6.82. The van der Waals surface area contributed by atoms with Crippen molar-refractivity contribution in [3.63, 3.8) is 0 Å². The first kappa shape index (κ1) is 29.4. The van der Waals surface area contributed by atoms with Crippen LogP contribution in [0.25, 0.3) is 0 Å². The van der Waals surface area contributed by atoms with Gasteiger partial charge in [0, 0.05) is 0 Å². The maximum absolute atomic E-state index is 13.9. The molecule has 1 atom stereocenters. The Labute approximate surface area is 171 Å². The standard InChI is InChI=1S/C13H4F18NP/c14-6(15,8(18,19)10(22,23)12(26,27)28)4-1-3(33)2-5(32-4)7(16,17)9(20,21)11(24,25)13(29,30)31/h1-2H,33H2. The molecule has 1 nitrogen and oxygen atoms in total. The van der Waals surface area contributed by atoms with E-state index in [0.717, 1.165) is 9.24 Å². The summed E-state index contributed by atoms with van der Waals surface area (Å²) >= 11 is 0. The van der Waals surface area contributed by atoms with E-state index in [0.29, 0.717) is 0 Å². The van der Waals surface area contributed by atoms with E-state index in [2.05, 4.69) is 0 Å². The van der Waals surface area contributed by atoms with Crippen LogP contribution in [0.3, 0.4) is 0 Å². The van der Waals surface area contributed by atoms with Crippen LogP contribution in [0.2, 0.25) is 0 Å². The Bertz CT molecular complexity index is 814. The lowest BCUT2D eigenvalue weighted by atomic mass is 9.97. The van der Waals surface area contributed by atoms with Crippen LogP contribution in [0, 0.1) is 0 Å². The number of aromatic nitrogens is 1. The van der Waals surface area contributed by atoms with Gasteiger partial charge in [-0.1, -0.05) is 0 Å². The monoisotopic (exact) mass is 547 g/mol. The maximum Gasteiger partial charge on any atom is 0.460 e. The summed E-state index contributed by atoms with van der Waals surface area (Å²) in [7, 11) is 0.990. The lowest BCUT2D eigenvalue weighted by molar-refractivity contribution is -0.401. The molecule has 0 aliphatic rings. The Morgan fingerprint density at radius 1 is 0.455 bits per heavy atom. The highest BCUT2D eigenvalue weighted by Crippen LogP contribution is 2.58. The Hall–Kier alpha value is -1.68. The Balaban J connectivity index is 3.80. The lowest BCUT2D eigenvalue weighted by Crippen LogP contribution is -2.60. The smallest absolute Gasteiger partial charge is 0.245 e. The molecule has 20 heteroatoms. The van der Waals surface area contributed by atoms with E-state index < -0.39 is 76.7 Å². The van der Waals surface area contributed by atoms with E-state index in [-0.39, 0.29) is 0 Å². The number of hydrogen-bond acceptors (Lipinski definition) is 1. The minimum atomic E-state index is -7.59. The van der Waals surface area contributed by atoms with E-state index in [9.17, 15) is 79.0 Å². The van der Waals surface area contributed by atoms with Gasteiger partial charge in [-0.15, -0.1) is 9.24 Å². The van der Waals surface area contributed by atoms with E-state index in [1.54, 1.807) is 4.98 Å². The zero-order chi connectivity index (χ0) is 26.9. The minimum absolute atomic E-state index is 0.620. The van der Waals surface area contributed by atoms with Crippen LogP contribution in [0.1, 0.15) is 11.4 Å². The number of alkyl halides is 18. The van der Waals surface area contributed by atoms with Gasteiger partial charge in [0.15, 0.2) is 0 Å². The quantitative estimate of drug-likeness (QED) is 0.296. The molecule has 1 unspecified atom stereocenters. The van der Waals surface area contributed by atoms with Crippen LogP contribution < -0.4 is 5.30 Å². The van der Waals surface area contributed by atoms with Crippen molar-refractivity contribution in [2.75, 3.05) is 0 Å². The van der Waals surface area contributed by atoms with Gasteiger partial charge >= 0.3 is 47.9 Å². The molecule has 1 rings (SSSR count). The van der Waals surface area contributed by atoms with Gasteiger partial charge in [0.1, 0.15) is 11.4 Å². The van der Waals surface area contributed by atoms with Crippen molar-refractivity contribution in [2.45, 2.75) is 47.9 Å². The number of nitrogens with zero attached hydrogens (tertiary/aromatic N) is 1. The highest BCUT2D eigenvalue weighted by molar-refractivity contribution is 7.27. The van der Waals surface area contributed by atoms with E-state index >= 15 is 0 Å². The van der Waals surface area contributed by atoms with E-state index in [1.807, 2.05) is 0 Å². The second-order valence-electron chi connectivity index (χ2n) is 6.11. The van der Waals surface area contributed by atoms with Gasteiger partial charge in [-0.05, 0) is 17.4 Å². The van der Waals surface area contributed by atoms with Crippen molar-refractivity contribution in [2.24, 2.45) is 0 Å². The third-order valence-corrected chi connectivity index (χ3v) is 4.11. The second kappa shape index (κ2) is 7.66. The first-order valence-electron chi connectivity index (χ1n) is 7.29. The molecular weight excluding hydrogens is 543 g/mol. The summed E-state index contributed by atoms with van der Waals surface area (Å²) in [6, 6.07) is -1.24. The third-order valence-electron chi connectivity index (χ3n) is 3.78. The van der Waals surface area contributed by atoms with Gasteiger partial charge in [0.2, 0.25) is 0 Å². The molecule has 0 saturated heterocycles. The molecule has 0 aliphatic heterocycles. The van der Waals surface area contributed by atoms with Gasteiger partial charge in [-0.3, -0.25) is 0 Å². The molecular formula is C13H4F18NP. The van der Waals surface area contributed by atoms with Crippen molar-refractivity contribution in [1.82, 2.24) is 4.98 Å². The third kappa shape index (κ3) is 4.17. The molecule has 0 radical (unpaired) electrons. The molecule has 0 bridgehead atoms. The first-order chi connectivity index (χ1) is 14.1. The fraction of sp³-hybridized carbons (Fsp3) is 0.615. The summed E-state index contributed by atoms with van der Waals surface area (Å²) in [6.45, 7) is 0. The predicted octanol–water partition coefficient (Wildman–Crippen LogP) is 6.43. The first-order valence-corrected chi connectivity index (χ1v) is 7.87. The molecule has 192 valence electrons. The molecule has 0 saturated carbocycles. The van der Waals surface area contributed by atoms with Crippen LogP contribution in [-0.2, 0) is 11.8 Å². The molecule has 0 amide bonds. The van der Waals surface area contributed by atoms with Gasteiger partial charge in [-0.25, -0.2) is 4.98 Å². The van der Waals surface area contributed by atoms with Gasteiger partial charge < -0.3 is 0 Å². The molecule has 1 heterocycles. The highest BCUT2D eigenvalue weighted by Gasteiger charge is 2.84. The van der Waals surface area contributed by atoms with Gasteiger partial charge in [-0.2, -0.15) is 79.0 Å². The summed E-state index contributed by atoms with van der Waals surface area (Å²) in [5.41, 5.74) is -6.41. The fourth-order valence-electron chi connectivity index (χ4n) is 1.95. The van der Waals surface area contributed by atoms with Crippen LogP contribution in [0.5, 0.6) is 0 Å². The average Bonchev–Trinajstić information content (AvgIpc) is 2.58. The van der Waals surface area contributed by atoms with Gasteiger partial charge in [0.05, 0.1) is 0 Å². The number of rotatable bonds is 6. The zero-order valence-corrected chi connectivity index (χ0v) is 15.6. The van der Waals surface area contributed by atoms with E-state index in [1.165, 1.54) is 0 Å². The van der Waals surface area contributed by atoms with Crippen molar-refractivity contribution in [1.29, 1.82) is 0 Å². The van der Waals surface area contributed by atoms with Crippen LogP contribution in [0.15, 0.2) is 12.1 Å². The average molecular weight is 547 g/mol. The Morgan fingerprint density at radius 3 is 0.909 bits per heavy atom. The van der Waals surface area contributed by atoms with Crippen molar-refractivity contribution < 1.29 is 79.0 Å². The molecule has 33 heavy (non-hydrogen) atoms.